The van der Waals surface area contributed by atoms with E-state index < -0.39 is 0 Å². The van der Waals surface area contributed by atoms with Crippen molar-refractivity contribution in [1.29, 1.82) is 0 Å². The van der Waals surface area contributed by atoms with Crippen molar-refractivity contribution in [3.63, 3.8) is 0 Å². The Kier molecular flexibility index (Phi) is 8.80. The van der Waals surface area contributed by atoms with E-state index >= 15 is 0 Å². The van der Waals surface area contributed by atoms with Crippen molar-refractivity contribution in [1.82, 2.24) is 0 Å². The quantitative estimate of drug-likeness (QED) is 0.372. The van der Waals surface area contributed by atoms with Gasteiger partial charge in [-0.25, -0.2) is 0 Å². The zero-order chi connectivity index (χ0) is 13.1. The van der Waals surface area contributed by atoms with Crippen LogP contribution in [-0.4, -0.2) is 0 Å². The van der Waals surface area contributed by atoms with Gasteiger partial charge in [0.2, 0.25) is 0 Å². The molecule has 1 saturated carbocycles. The monoisotopic (exact) mass is 252 g/mol. The van der Waals surface area contributed by atoms with Gasteiger partial charge in [-0.15, -0.1) is 0 Å². The Morgan fingerprint density at radius 3 is 1.83 bits per heavy atom. The third-order valence-electron chi connectivity index (χ3n) is 5.04. The highest BCUT2D eigenvalue weighted by Crippen LogP contribution is 2.44. The molecule has 0 aliphatic heterocycles. The average Bonchev–Trinajstić information content (AvgIpc) is 2.42. The summed E-state index contributed by atoms with van der Waals surface area (Å²) in [6.45, 7) is 4.66. The molecule has 0 bridgehead atoms. The van der Waals surface area contributed by atoms with E-state index in [1.165, 1.54) is 77.0 Å². The van der Waals surface area contributed by atoms with Gasteiger partial charge in [-0.3, -0.25) is 0 Å². The van der Waals surface area contributed by atoms with Gasteiger partial charge < -0.3 is 0 Å². The summed E-state index contributed by atoms with van der Waals surface area (Å²) in [5.74, 6) is 0. The molecule has 0 heteroatoms. The minimum absolute atomic E-state index is 0.777. The van der Waals surface area contributed by atoms with Gasteiger partial charge >= 0.3 is 0 Å². The van der Waals surface area contributed by atoms with Crippen molar-refractivity contribution in [3.05, 3.63) is 0 Å². The van der Waals surface area contributed by atoms with Gasteiger partial charge in [0.15, 0.2) is 0 Å². The molecule has 0 amide bonds. The number of hydrogen-bond acceptors (Lipinski definition) is 0. The molecule has 108 valence electrons. The first-order chi connectivity index (χ1) is 8.83. The fourth-order valence-corrected chi connectivity index (χ4v) is 3.76. The van der Waals surface area contributed by atoms with Crippen LogP contribution in [0.25, 0.3) is 0 Å². The van der Waals surface area contributed by atoms with Crippen LogP contribution < -0.4 is 0 Å². The minimum atomic E-state index is 0.777. The second-order valence-corrected chi connectivity index (χ2v) is 6.68. The Labute approximate surface area is 116 Å². The molecular weight excluding hydrogens is 216 g/mol. The molecule has 0 nitrogen and oxygen atoms in total. The van der Waals surface area contributed by atoms with E-state index in [4.69, 9.17) is 0 Å². The van der Waals surface area contributed by atoms with E-state index in [1.54, 1.807) is 19.3 Å². The molecule has 1 aliphatic rings. The Morgan fingerprint density at radius 1 is 0.611 bits per heavy atom. The van der Waals surface area contributed by atoms with Gasteiger partial charge in [0.25, 0.3) is 0 Å². The average molecular weight is 252 g/mol. The van der Waals surface area contributed by atoms with Crippen LogP contribution in [0.15, 0.2) is 0 Å². The van der Waals surface area contributed by atoms with Gasteiger partial charge in [-0.2, -0.15) is 0 Å². The zero-order valence-electron chi connectivity index (χ0n) is 13.1. The van der Waals surface area contributed by atoms with Crippen LogP contribution in [0.1, 0.15) is 110 Å². The van der Waals surface area contributed by atoms with E-state index in [-0.39, 0.29) is 0 Å². The van der Waals surface area contributed by atoms with E-state index in [1.807, 2.05) is 0 Å². The third-order valence-corrected chi connectivity index (χ3v) is 5.04. The van der Waals surface area contributed by atoms with Crippen molar-refractivity contribution >= 4 is 0 Å². The lowest BCUT2D eigenvalue weighted by atomic mass is 9.68. The SMILES string of the molecule is CCCCCCCCC1(CCCC)CCCCC1. The Bertz CT molecular complexity index is 176. The summed E-state index contributed by atoms with van der Waals surface area (Å²) >= 11 is 0. The number of unbranched alkanes of at least 4 members (excludes halogenated alkanes) is 6. The lowest BCUT2D eigenvalue weighted by Crippen LogP contribution is -2.24. The van der Waals surface area contributed by atoms with Crippen LogP contribution >= 0.6 is 0 Å². The normalized spacial score (nSPS) is 19.0. The summed E-state index contributed by atoms with van der Waals surface area (Å²) in [6.07, 6.45) is 22.3. The topological polar surface area (TPSA) is 0 Å². The second kappa shape index (κ2) is 9.87. The fourth-order valence-electron chi connectivity index (χ4n) is 3.76. The van der Waals surface area contributed by atoms with Gasteiger partial charge in [0.05, 0.1) is 0 Å². The summed E-state index contributed by atoms with van der Waals surface area (Å²) in [7, 11) is 0. The van der Waals surface area contributed by atoms with Crippen LogP contribution in [0.3, 0.4) is 0 Å². The predicted octanol–water partition coefficient (Wildman–Crippen LogP) is 6.88. The number of hydrogen-bond donors (Lipinski definition) is 0. The van der Waals surface area contributed by atoms with Crippen LogP contribution in [0.2, 0.25) is 0 Å². The molecule has 0 unspecified atom stereocenters. The minimum Gasteiger partial charge on any atom is -0.0654 e. The molecule has 0 aromatic carbocycles. The Morgan fingerprint density at radius 2 is 1.17 bits per heavy atom. The predicted molar refractivity (Wildman–Crippen MR) is 83.0 cm³/mol. The maximum atomic E-state index is 2.35. The maximum absolute atomic E-state index is 2.35. The molecule has 0 heterocycles. The van der Waals surface area contributed by atoms with Crippen LogP contribution in [0.5, 0.6) is 0 Å². The van der Waals surface area contributed by atoms with E-state index in [2.05, 4.69) is 13.8 Å². The smallest absolute Gasteiger partial charge is 0.0297 e. The summed E-state index contributed by atoms with van der Waals surface area (Å²) in [5, 5.41) is 0. The molecule has 0 N–H and O–H groups in total. The van der Waals surface area contributed by atoms with Crippen LogP contribution in [-0.2, 0) is 0 Å². The first-order valence-electron chi connectivity index (χ1n) is 8.83. The second-order valence-electron chi connectivity index (χ2n) is 6.68. The van der Waals surface area contributed by atoms with Crippen molar-refractivity contribution in [2.75, 3.05) is 0 Å². The highest BCUT2D eigenvalue weighted by atomic mass is 14.4. The van der Waals surface area contributed by atoms with Gasteiger partial charge in [0, 0.05) is 0 Å². The van der Waals surface area contributed by atoms with E-state index in [0.717, 1.165) is 5.41 Å². The summed E-state index contributed by atoms with van der Waals surface area (Å²) in [5.41, 5.74) is 0.777. The zero-order valence-corrected chi connectivity index (χ0v) is 13.1. The highest BCUT2D eigenvalue weighted by molar-refractivity contribution is 4.82. The van der Waals surface area contributed by atoms with Crippen molar-refractivity contribution < 1.29 is 0 Å². The molecule has 0 saturated heterocycles. The molecule has 1 fully saturated rings. The summed E-state index contributed by atoms with van der Waals surface area (Å²) in [4.78, 5) is 0. The molecule has 0 aromatic rings. The molecule has 1 rings (SSSR count). The third kappa shape index (κ3) is 6.25. The van der Waals surface area contributed by atoms with Gasteiger partial charge in [0.1, 0.15) is 0 Å². The molecule has 1 aliphatic carbocycles. The molecular formula is C18H36. The first kappa shape index (κ1) is 16.1. The molecule has 18 heavy (non-hydrogen) atoms. The van der Waals surface area contributed by atoms with Crippen molar-refractivity contribution in [2.24, 2.45) is 5.41 Å². The van der Waals surface area contributed by atoms with Crippen molar-refractivity contribution in [3.8, 4) is 0 Å². The van der Waals surface area contributed by atoms with Crippen molar-refractivity contribution in [2.45, 2.75) is 110 Å². The molecule has 0 aromatic heterocycles. The Balaban J connectivity index is 2.19. The van der Waals surface area contributed by atoms with E-state index in [0.29, 0.717) is 0 Å². The van der Waals surface area contributed by atoms with Crippen LogP contribution in [0.4, 0.5) is 0 Å². The van der Waals surface area contributed by atoms with Gasteiger partial charge in [-0.1, -0.05) is 84.5 Å². The highest BCUT2D eigenvalue weighted by Gasteiger charge is 2.30. The molecule has 0 radical (unpaired) electrons. The summed E-state index contributed by atoms with van der Waals surface area (Å²) in [6, 6.07) is 0. The van der Waals surface area contributed by atoms with Gasteiger partial charge in [-0.05, 0) is 31.1 Å². The van der Waals surface area contributed by atoms with E-state index in [9.17, 15) is 0 Å². The Hall–Kier alpha value is 0. The fraction of sp³-hybridized carbons (Fsp3) is 1.00. The number of rotatable bonds is 10. The lowest BCUT2D eigenvalue weighted by Gasteiger charge is -2.38. The standard InChI is InChI=1S/C18H36/c1-3-5-7-8-9-11-15-18(14-6-4-2)16-12-10-13-17-18/h3-17H2,1-2H3. The molecule has 0 atom stereocenters. The first-order valence-corrected chi connectivity index (χ1v) is 8.83. The maximum Gasteiger partial charge on any atom is -0.0297 e. The lowest BCUT2D eigenvalue weighted by molar-refractivity contribution is 0.147. The summed E-state index contributed by atoms with van der Waals surface area (Å²) < 4.78 is 0. The van der Waals surface area contributed by atoms with Crippen LogP contribution in [0, 0.1) is 5.41 Å². The largest absolute Gasteiger partial charge is 0.0654 e. The molecule has 0 spiro atoms.